The number of phenolic OH excluding ortho intramolecular Hbond substituents is 2. The molecule has 2 N–H and O–H groups in total. The molecular weight excluding hydrogens is 440 g/mol. The van der Waals surface area contributed by atoms with Crippen LogP contribution in [0.1, 0.15) is 96.9 Å². The fourth-order valence-corrected chi connectivity index (χ4v) is 6.02. The standard InChI is InChI=1S/C34H36O2/c1-5-22(3)28-20-26(15-17-32(28)35)34(27-16-18-33(36)29(21-27)23(4)6-2)30-13-9-7-11-24(30)19-25-12-8-10-14-31(25)34/h7-18,20-23,35-36H,5-6,19H2,1-4H3. The van der Waals surface area contributed by atoms with Gasteiger partial charge in [-0.2, -0.15) is 0 Å². The van der Waals surface area contributed by atoms with Crippen molar-refractivity contribution in [3.05, 3.63) is 129 Å². The van der Waals surface area contributed by atoms with Gasteiger partial charge in [-0.05, 0) is 87.7 Å². The summed E-state index contributed by atoms with van der Waals surface area (Å²) < 4.78 is 0. The van der Waals surface area contributed by atoms with E-state index in [0.29, 0.717) is 11.5 Å². The second kappa shape index (κ2) is 9.50. The van der Waals surface area contributed by atoms with Crippen molar-refractivity contribution in [1.29, 1.82) is 0 Å². The number of aromatic hydroxyl groups is 2. The first-order valence-electron chi connectivity index (χ1n) is 13.2. The highest BCUT2D eigenvalue weighted by atomic mass is 16.3. The van der Waals surface area contributed by atoms with Crippen LogP contribution in [0.25, 0.3) is 0 Å². The highest BCUT2D eigenvalue weighted by Crippen LogP contribution is 2.52. The third-order valence-corrected chi connectivity index (χ3v) is 8.43. The second-order valence-electron chi connectivity index (χ2n) is 10.4. The zero-order valence-corrected chi connectivity index (χ0v) is 21.8. The summed E-state index contributed by atoms with van der Waals surface area (Å²) in [7, 11) is 0. The van der Waals surface area contributed by atoms with Crippen molar-refractivity contribution in [3.8, 4) is 11.5 Å². The lowest BCUT2D eigenvalue weighted by molar-refractivity contribution is 0.460. The van der Waals surface area contributed by atoms with Gasteiger partial charge < -0.3 is 10.2 Å². The van der Waals surface area contributed by atoms with Crippen LogP contribution in [-0.2, 0) is 11.8 Å². The van der Waals surface area contributed by atoms with E-state index in [-0.39, 0.29) is 11.8 Å². The maximum atomic E-state index is 10.8. The Morgan fingerprint density at radius 2 is 1.06 bits per heavy atom. The predicted molar refractivity (Wildman–Crippen MR) is 148 cm³/mol. The van der Waals surface area contributed by atoms with E-state index in [0.717, 1.165) is 41.5 Å². The van der Waals surface area contributed by atoms with Crippen LogP contribution in [0.2, 0.25) is 0 Å². The fraction of sp³-hybridized carbons (Fsp3) is 0.294. The van der Waals surface area contributed by atoms with Crippen molar-refractivity contribution in [2.45, 2.75) is 64.2 Å². The molecule has 36 heavy (non-hydrogen) atoms. The summed E-state index contributed by atoms with van der Waals surface area (Å²) in [4.78, 5) is 0. The molecule has 4 aromatic rings. The number of hydrogen-bond acceptors (Lipinski definition) is 2. The Morgan fingerprint density at radius 3 is 1.47 bits per heavy atom. The number of hydrogen-bond donors (Lipinski definition) is 2. The molecule has 0 saturated carbocycles. The molecule has 0 spiro atoms. The van der Waals surface area contributed by atoms with Crippen molar-refractivity contribution in [3.63, 3.8) is 0 Å². The van der Waals surface area contributed by atoms with Gasteiger partial charge in [0.05, 0.1) is 5.41 Å². The minimum Gasteiger partial charge on any atom is -0.508 e. The van der Waals surface area contributed by atoms with E-state index in [4.69, 9.17) is 0 Å². The molecule has 1 aliphatic carbocycles. The molecule has 0 heterocycles. The van der Waals surface area contributed by atoms with Crippen molar-refractivity contribution < 1.29 is 10.2 Å². The van der Waals surface area contributed by atoms with Gasteiger partial charge >= 0.3 is 0 Å². The van der Waals surface area contributed by atoms with E-state index in [1.54, 1.807) is 0 Å². The van der Waals surface area contributed by atoms with Crippen LogP contribution >= 0.6 is 0 Å². The highest BCUT2D eigenvalue weighted by molar-refractivity contribution is 5.68. The van der Waals surface area contributed by atoms with Crippen molar-refractivity contribution in [2.24, 2.45) is 0 Å². The van der Waals surface area contributed by atoms with E-state index < -0.39 is 5.41 Å². The maximum Gasteiger partial charge on any atom is 0.119 e. The third kappa shape index (κ3) is 3.71. The quantitative estimate of drug-likeness (QED) is 0.258. The predicted octanol–water partition coefficient (Wildman–Crippen LogP) is 8.41. The Bertz CT molecular complexity index is 1290. The summed E-state index contributed by atoms with van der Waals surface area (Å²) in [6.45, 7) is 8.68. The first-order chi connectivity index (χ1) is 17.4. The first kappa shape index (κ1) is 24.2. The zero-order valence-electron chi connectivity index (χ0n) is 21.8. The van der Waals surface area contributed by atoms with E-state index in [1.165, 1.54) is 22.3 Å². The average Bonchev–Trinajstić information content (AvgIpc) is 2.91. The van der Waals surface area contributed by atoms with Crippen LogP contribution in [0.4, 0.5) is 0 Å². The molecule has 0 fully saturated rings. The molecule has 2 nitrogen and oxygen atoms in total. The van der Waals surface area contributed by atoms with Gasteiger partial charge in [0, 0.05) is 0 Å². The molecule has 2 unspecified atom stereocenters. The van der Waals surface area contributed by atoms with E-state index in [1.807, 2.05) is 12.1 Å². The van der Waals surface area contributed by atoms with Gasteiger partial charge in [-0.3, -0.25) is 0 Å². The zero-order chi connectivity index (χ0) is 25.4. The van der Waals surface area contributed by atoms with Crippen LogP contribution in [0, 0.1) is 0 Å². The van der Waals surface area contributed by atoms with Crippen LogP contribution in [-0.4, -0.2) is 10.2 Å². The number of phenols is 2. The Labute approximate surface area is 215 Å². The van der Waals surface area contributed by atoms with Crippen LogP contribution in [0.3, 0.4) is 0 Å². The summed E-state index contributed by atoms with van der Waals surface area (Å²) in [6.07, 6.45) is 2.80. The maximum absolute atomic E-state index is 10.8. The molecule has 2 heteroatoms. The topological polar surface area (TPSA) is 40.5 Å². The molecule has 0 aromatic heterocycles. The molecule has 2 atom stereocenters. The van der Waals surface area contributed by atoms with Gasteiger partial charge in [0.25, 0.3) is 0 Å². The summed E-state index contributed by atoms with van der Waals surface area (Å²) in [5.41, 5.74) is 8.87. The van der Waals surface area contributed by atoms with E-state index in [9.17, 15) is 10.2 Å². The lowest BCUT2D eigenvalue weighted by Gasteiger charge is -2.43. The van der Waals surface area contributed by atoms with Crippen LogP contribution in [0.5, 0.6) is 11.5 Å². The molecule has 0 bridgehead atoms. The first-order valence-corrected chi connectivity index (χ1v) is 13.2. The van der Waals surface area contributed by atoms with Gasteiger partial charge in [-0.15, -0.1) is 0 Å². The SMILES string of the molecule is CCC(C)c1cc(C2(c3ccc(O)c(C(C)CC)c3)c3ccccc3Cc3ccccc32)ccc1O. The summed E-state index contributed by atoms with van der Waals surface area (Å²) in [6, 6.07) is 29.9. The van der Waals surface area contributed by atoms with Gasteiger partial charge in [0.15, 0.2) is 0 Å². The molecule has 0 amide bonds. The number of benzene rings is 4. The third-order valence-electron chi connectivity index (χ3n) is 8.43. The van der Waals surface area contributed by atoms with Crippen LogP contribution < -0.4 is 0 Å². The van der Waals surface area contributed by atoms with Gasteiger partial charge in [-0.1, -0.05) is 100 Å². The molecule has 5 rings (SSSR count). The average molecular weight is 477 g/mol. The Hall–Kier alpha value is -3.52. The van der Waals surface area contributed by atoms with Gasteiger partial charge in [0.1, 0.15) is 11.5 Å². The minimum absolute atomic E-state index is 0.242. The summed E-state index contributed by atoms with van der Waals surface area (Å²) in [5.74, 6) is 1.19. The number of rotatable bonds is 6. The van der Waals surface area contributed by atoms with Crippen molar-refractivity contribution in [2.75, 3.05) is 0 Å². The lowest BCUT2D eigenvalue weighted by atomic mass is 9.59. The van der Waals surface area contributed by atoms with Crippen molar-refractivity contribution >= 4 is 0 Å². The Kier molecular flexibility index (Phi) is 6.38. The minimum atomic E-state index is -0.558. The fourth-order valence-electron chi connectivity index (χ4n) is 6.02. The molecule has 184 valence electrons. The second-order valence-corrected chi connectivity index (χ2v) is 10.4. The molecule has 4 aromatic carbocycles. The monoisotopic (exact) mass is 476 g/mol. The number of fused-ring (bicyclic) bond motifs is 2. The Morgan fingerprint density at radius 1 is 0.639 bits per heavy atom. The molecule has 0 radical (unpaired) electrons. The smallest absolute Gasteiger partial charge is 0.119 e. The van der Waals surface area contributed by atoms with E-state index >= 15 is 0 Å². The van der Waals surface area contributed by atoms with E-state index in [2.05, 4.69) is 100 Å². The van der Waals surface area contributed by atoms with Crippen molar-refractivity contribution in [1.82, 2.24) is 0 Å². The van der Waals surface area contributed by atoms with Crippen LogP contribution in [0.15, 0.2) is 84.9 Å². The largest absolute Gasteiger partial charge is 0.508 e. The highest BCUT2D eigenvalue weighted by Gasteiger charge is 2.44. The Balaban J connectivity index is 1.93. The molecule has 1 aliphatic rings. The molecule has 0 saturated heterocycles. The molecule has 0 aliphatic heterocycles. The normalized spacial score (nSPS) is 15.6. The van der Waals surface area contributed by atoms with Gasteiger partial charge in [0.2, 0.25) is 0 Å². The lowest BCUT2D eigenvalue weighted by Crippen LogP contribution is -2.36. The summed E-state index contributed by atoms with van der Waals surface area (Å²) in [5, 5.41) is 21.7. The summed E-state index contributed by atoms with van der Waals surface area (Å²) >= 11 is 0. The van der Waals surface area contributed by atoms with Gasteiger partial charge in [-0.25, -0.2) is 0 Å². The molecular formula is C34H36O2.